The first kappa shape index (κ1) is 14.5. The van der Waals surface area contributed by atoms with E-state index in [9.17, 15) is 4.79 Å². The Labute approximate surface area is 124 Å². The molecule has 2 N–H and O–H groups in total. The van der Waals surface area contributed by atoms with Crippen LogP contribution in [0, 0.1) is 12.3 Å². The lowest BCUT2D eigenvalue weighted by molar-refractivity contribution is -0.122. The predicted molar refractivity (Wildman–Crippen MR) is 83.5 cm³/mol. The summed E-state index contributed by atoms with van der Waals surface area (Å²) in [6.07, 6.45) is 5.05. The highest BCUT2D eigenvalue weighted by Gasteiger charge is 2.01. The predicted octanol–water partition coefficient (Wildman–Crippen LogP) is 2.56. The van der Waals surface area contributed by atoms with Gasteiger partial charge < -0.3 is 15.4 Å². The monoisotopic (exact) mass is 280 g/mol. The van der Waals surface area contributed by atoms with E-state index in [0.29, 0.717) is 5.75 Å². The van der Waals surface area contributed by atoms with Crippen molar-refractivity contribution in [2.45, 2.75) is 0 Å². The van der Waals surface area contributed by atoms with Crippen molar-refractivity contribution in [2.24, 2.45) is 0 Å². The molecule has 2 rings (SSSR count). The van der Waals surface area contributed by atoms with Crippen molar-refractivity contribution in [3.8, 4) is 18.1 Å². The molecule has 0 heterocycles. The van der Waals surface area contributed by atoms with Crippen LogP contribution in [0.1, 0.15) is 0 Å². The number of para-hydroxylation sites is 1. The first-order valence-electron chi connectivity index (χ1n) is 6.53. The van der Waals surface area contributed by atoms with E-state index in [1.807, 2.05) is 42.5 Å². The van der Waals surface area contributed by atoms with Gasteiger partial charge in [0.15, 0.2) is 6.61 Å². The summed E-state index contributed by atoms with van der Waals surface area (Å²) >= 11 is 0. The van der Waals surface area contributed by atoms with Crippen LogP contribution in [-0.2, 0) is 4.79 Å². The molecule has 0 spiro atoms. The maximum Gasteiger partial charge on any atom is 0.258 e. The minimum atomic E-state index is -0.237. The molecule has 0 aliphatic rings. The molecule has 106 valence electrons. The fourth-order valence-corrected chi connectivity index (χ4v) is 1.67. The van der Waals surface area contributed by atoms with Gasteiger partial charge in [-0.2, -0.15) is 0 Å². The van der Waals surface area contributed by atoms with Crippen LogP contribution in [-0.4, -0.2) is 19.1 Å². The number of amides is 1. The van der Waals surface area contributed by atoms with Gasteiger partial charge in [0.1, 0.15) is 5.75 Å². The Balaban J connectivity index is 1.85. The highest BCUT2D eigenvalue weighted by Crippen LogP contribution is 2.19. The van der Waals surface area contributed by atoms with E-state index in [4.69, 9.17) is 11.2 Å². The van der Waals surface area contributed by atoms with Crippen molar-refractivity contribution >= 4 is 17.3 Å². The Hall–Kier alpha value is -2.93. The molecule has 4 heteroatoms. The number of hydrogen-bond donors (Lipinski definition) is 2. The van der Waals surface area contributed by atoms with Gasteiger partial charge in [-0.25, -0.2) is 0 Å². The van der Waals surface area contributed by atoms with Crippen molar-refractivity contribution in [3.05, 3.63) is 54.6 Å². The van der Waals surface area contributed by atoms with Gasteiger partial charge in [0.05, 0.1) is 6.54 Å². The fourth-order valence-electron chi connectivity index (χ4n) is 1.67. The van der Waals surface area contributed by atoms with Crippen molar-refractivity contribution in [1.82, 2.24) is 5.32 Å². The van der Waals surface area contributed by atoms with E-state index in [-0.39, 0.29) is 19.1 Å². The summed E-state index contributed by atoms with van der Waals surface area (Å²) < 4.78 is 5.36. The van der Waals surface area contributed by atoms with Gasteiger partial charge in [0.2, 0.25) is 0 Å². The maximum atomic E-state index is 11.3. The quantitative estimate of drug-likeness (QED) is 0.800. The second-order valence-electron chi connectivity index (χ2n) is 4.28. The maximum absolute atomic E-state index is 11.3. The minimum absolute atomic E-state index is 0.0485. The average Bonchev–Trinajstić information content (AvgIpc) is 2.53. The van der Waals surface area contributed by atoms with E-state index in [1.165, 1.54) is 0 Å². The number of hydrogen-bond acceptors (Lipinski definition) is 3. The Morgan fingerprint density at radius 2 is 1.71 bits per heavy atom. The van der Waals surface area contributed by atoms with Crippen LogP contribution in [0.4, 0.5) is 11.4 Å². The molecule has 2 aromatic rings. The second-order valence-corrected chi connectivity index (χ2v) is 4.28. The van der Waals surface area contributed by atoms with Gasteiger partial charge in [-0.3, -0.25) is 4.79 Å². The van der Waals surface area contributed by atoms with Crippen LogP contribution < -0.4 is 15.4 Å². The van der Waals surface area contributed by atoms with E-state index >= 15 is 0 Å². The molecule has 0 fully saturated rings. The van der Waals surface area contributed by atoms with Gasteiger partial charge in [-0.15, -0.1) is 6.42 Å². The highest BCUT2D eigenvalue weighted by molar-refractivity contribution is 5.77. The second kappa shape index (κ2) is 7.61. The number of terminal acetylenes is 1. The highest BCUT2D eigenvalue weighted by atomic mass is 16.5. The van der Waals surface area contributed by atoms with Crippen LogP contribution in [0.3, 0.4) is 0 Å². The zero-order valence-corrected chi connectivity index (χ0v) is 11.5. The third-order valence-corrected chi connectivity index (χ3v) is 2.67. The van der Waals surface area contributed by atoms with Crippen LogP contribution in [0.5, 0.6) is 5.75 Å². The third kappa shape index (κ3) is 4.92. The molecule has 0 aliphatic carbocycles. The first-order chi connectivity index (χ1) is 10.3. The molecule has 21 heavy (non-hydrogen) atoms. The number of benzene rings is 2. The topological polar surface area (TPSA) is 50.4 Å². The van der Waals surface area contributed by atoms with E-state index < -0.39 is 0 Å². The van der Waals surface area contributed by atoms with Gasteiger partial charge in [-0.1, -0.05) is 24.1 Å². The fraction of sp³-hybridized carbons (Fsp3) is 0.118. The number of rotatable bonds is 6. The van der Waals surface area contributed by atoms with Gasteiger partial charge in [0, 0.05) is 11.4 Å². The summed E-state index contributed by atoms with van der Waals surface area (Å²) in [5, 5.41) is 5.80. The number of ether oxygens (including phenoxy) is 1. The molecule has 4 nitrogen and oxygen atoms in total. The average molecular weight is 280 g/mol. The number of carbonyl (C=O) groups excluding carboxylic acids is 1. The molecule has 0 saturated carbocycles. The number of anilines is 2. The van der Waals surface area contributed by atoms with Crippen LogP contribution in [0.2, 0.25) is 0 Å². The summed E-state index contributed by atoms with van der Waals surface area (Å²) in [5.41, 5.74) is 1.96. The Bertz CT molecular complexity index is 615. The molecule has 0 radical (unpaired) electrons. The summed E-state index contributed by atoms with van der Waals surface area (Å²) in [6.45, 7) is 0.162. The normalized spacial score (nSPS) is 9.48. The minimum Gasteiger partial charge on any atom is -0.484 e. The summed E-state index contributed by atoms with van der Waals surface area (Å²) in [4.78, 5) is 11.3. The zero-order chi connectivity index (χ0) is 14.9. The van der Waals surface area contributed by atoms with Crippen LogP contribution in [0.25, 0.3) is 0 Å². The Morgan fingerprint density at radius 1 is 1.05 bits per heavy atom. The van der Waals surface area contributed by atoms with E-state index in [0.717, 1.165) is 11.4 Å². The van der Waals surface area contributed by atoms with Gasteiger partial charge in [0.25, 0.3) is 5.91 Å². The Kier molecular flexibility index (Phi) is 5.25. The molecule has 2 aromatic carbocycles. The van der Waals surface area contributed by atoms with Crippen molar-refractivity contribution in [2.75, 3.05) is 18.5 Å². The summed E-state index contributed by atoms with van der Waals surface area (Å²) in [5.74, 6) is 2.72. The third-order valence-electron chi connectivity index (χ3n) is 2.67. The van der Waals surface area contributed by atoms with Crippen molar-refractivity contribution in [1.29, 1.82) is 0 Å². The smallest absolute Gasteiger partial charge is 0.258 e. The van der Waals surface area contributed by atoms with E-state index in [2.05, 4.69) is 16.6 Å². The first-order valence-corrected chi connectivity index (χ1v) is 6.53. The van der Waals surface area contributed by atoms with E-state index in [1.54, 1.807) is 12.1 Å². The number of carbonyl (C=O) groups is 1. The summed E-state index contributed by atoms with van der Waals surface area (Å²) in [7, 11) is 0. The van der Waals surface area contributed by atoms with Crippen LogP contribution >= 0.6 is 0 Å². The lowest BCUT2D eigenvalue weighted by Gasteiger charge is -2.08. The molecular formula is C17H16N2O2. The molecular weight excluding hydrogens is 264 g/mol. The molecule has 0 saturated heterocycles. The SMILES string of the molecule is C#CCNC(=O)COc1ccc(Nc2ccccc2)cc1. The molecule has 0 unspecified atom stereocenters. The molecule has 1 amide bonds. The molecule has 0 bridgehead atoms. The van der Waals surface area contributed by atoms with Crippen LogP contribution in [0.15, 0.2) is 54.6 Å². The van der Waals surface area contributed by atoms with Gasteiger partial charge in [-0.05, 0) is 36.4 Å². The molecule has 0 aliphatic heterocycles. The molecule has 0 aromatic heterocycles. The van der Waals surface area contributed by atoms with Crippen molar-refractivity contribution in [3.63, 3.8) is 0 Å². The summed E-state index contributed by atoms with van der Waals surface area (Å²) in [6, 6.07) is 17.3. The number of nitrogens with one attached hydrogen (secondary N) is 2. The zero-order valence-electron chi connectivity index (χ0n) is 11.5. The van der Waals surface area contributed by atoms with Crippen molar-refractivity contribution < 1.29 is 9.53 Å². The molecule has 0 atom stereocenters. The largest absolute Gasteiger partial charge is 0.484 e. The standard InChI is InChI=1S/C17H16N2O2/c1-2-12-18-17(20)13-21-16-10-8-15(9-11-16)19-14-6-4-3-5-7-14/h1,3-11,19H,12-13H2,(H,18,20). The van der Waals surface area contributed by atoms with Gasteiger partial charge >= 0.3 is 0 Å². The Morgan fingerprint density at radius 3 is 2.38 bits per heavy atom. The lowest BCUT2D eigenvalue weighted by atomic mass is 10.2. The lowest BCUT2D eigenvalue weighted by Crippen LogP contribution is -2.28.